The van der Waals surface area contributed by atoms with Crippen LogP contribution in [0, 0.1) is 0 Å². The molecular formula is C9H18F2N2. The molecule has 0 aromatic carbocycles. The molecule has 78 valence electrons. The van der Waals surface area contributed by atoms with Crippen LogP contribution >= 0.6 is 0 Å². The predicted molar refractivity (Wildman–Crippen MR) is 49.1 cm³/mol. The number of hydrogen-bond donors (Lipinski definition) is 1. The molecule has 13 heavy (non-hydrogen) atoms. The molecule has 1 unspecified atom stereocenters. The molecule has 1 heterocycles. The molecule has 1 rings (SSSR count). The quantitative estimate of drug-likeness (QED) is 0.725. The van der Waals surface area contributed by atoms with E-state index in [2.05, 4.69) is 17.1 Å². The summed E-state index contributed by atoms with van der Waals surface area (Å²) in [6.45, 7) is 5.44. The molecular weight excluding hydrogens is 174 g/mol. The molecule has 0 bridgehead atoms. The summed E-state index contributed by atoms with van der Waals surface area (Å²) in [6.07, 6.45) is -1.09. The number of hydrogen-bond acceptors (Lipinski definition) is 2. The van der Waals surface area contributed by atoms with Crippen LogP contribution in [0.3, 0.4) is 0 Å². The molecule has 1 atom stereocenters. The predicted octanol–water partition coefficient (Wildman–Crippen LogP) is 1.33. The lowest BCUT2D eigenvalue weighted by molar-refractivity contribution is 0.117. The van der Waals surface area contributed by atoms with Gasteiger partial charge in [0, 0.05) is 32.1 Å². The summed E-state index contributed by atoms with van der Waals surface area (Å²) in [6, 6.07) is 0.525. The molecule has 1 aliphatic rings. The van der Waals surface area contributed by atoms with Gasteiger partial charge in [0.05, 0.1) is 0 Å². The molecule has 1 aliphatic heterocycles. The molecule has 1 saturated heterocycles. The Morgan fingerprint density at radius 3 is 2.92 bits per heavy atom. The molecule has 0 radical (unpaired) electrons. The molecule has 0 saturated carbocycles. The zero-order chi connectivity index (χ0) is 9.68. The van der Waals surface area contributed by atoms with Crippen molar-refractivity contribution in [1.82, 2.24) is 10.2 Å². The first-order valence-corrected chi connectivity index (χ1v) is 4.92. The van der Waals surface area contributed by atoms with Crippen LogP contribution in [0.1, 0.15) is 19.8 Å². The highest BCUT2D eigenvalue weighted by molar-refractivity contribution is 4.71. The Morgan fingerprint density at radius 2 is 2.23 bits per heavy atom. The maximum Gasteiger partial charge on any atom is 0.239 e. The van der Waals surface area contributed by atoms with Gasteiger partial charge in [-0.05, 0) is 19.9 Å². The number of rotatable bonds is 3. The molecule has 1 fully saturated rings. The zero-order valence-electron chi connectivity index (χ0n) is 8.10. The van der Waals surface area contributed by atoms with Crippen molar-refractivity contribution in [2.45, 2.75) is 32.2 Å². The summed E-state index contributed by atoms with van der Waals surface area (Å²) in [4.78, 5) is 2.11. The Bertz CT molecular complexity index is 142. The summed E-state index contributed by atoms with van der Waals surface area (Å²) in [5, 5.41) is 3.33. The van der Waals surface area contributed by atoms with Crippen LogP contribution in [0.15, 0.2) is 0 Å². The Morgan fingerprint density at radius 1 is 1.46 bits per heavy atom. The second kappa shape index (κ2) is 5.50. The van der Waals surface area contributed by atoms with E-state index in [1.54, 1.807) is 0 Å². The van der Waals surface area contributed by atoms with E-state index in [0.717, 1.165) is 26.1 Å². The van der Waals surface area contributed by atoms with E-state index in [9.17, 15) is 8.78 Å². The Balaban J connectivity index is 2.18. The van der Waals surface area contributed by atoms with E-state index in [1.165, 1.54) is 0 Å². The molecule has 0 aromatic heterocycles. The summed E-state index contributed by atoms with van der Waals surface area (Å²) in [7, 11) is 0. The van der Waals surface area contributed by atoms with Crippen molar-refractivity contribution in [3.8, 4) is 0 Å². The van der Waals surface area contributed by atoms with Gasteiger partial charge in [-0.2, -0.15) is 0 Å². The van der Waals surface area contributed by atoms with Crippen molar-refractivity contribution < 1.29 is 8.78 Å². The van der Waals surface area contributed by atoms with Crippen molar-refractivity contribution in [1.29, 1.82) is 0 Å². The summed E-state index contributed by atoms with van der Waals surface area (Å²) < 4.78 is 23.9. The summed E-state index contributed by atoms with van der Waals surface area (Å²) >= 11 is 0. The normalized spacial score (nSPS) is 26.3. The van der Waals surface area contributed by atoms with Gasteiger partial charge in [-0.3, -0.25) is 0 Å². The van der Waals surface area contributed by atoms with Crippen LogP contribution in [0.25, 0.3) is 0 Å². The van der Waals surface area contributed by atoms with Crippen molar-refractivity contribution >= 4 is 0 Å². The third-order valence-electron chi connectivity index (χ3n) is 2.46. The molecule has 0 spiro atoms. The van der Waals surface area contributed by atoms with Crippen LogP contribution in [0.2, 0.25) is 0 Å². The van der Waals surface area contributed by atoms with Gasteiger partial charge in [0.2, 0.25) is 6.43 Å². The van der Waals surface area contributed by atoms with E-state index in [4.69, 9.17) is 0 Å². The van der Waals surface area contributed by atoms with Crippen molar-refractivity contribution in [3.63, 3.8) is 0 Å². The third kappa shape index (κ3) is 4.52. The molecule has 1 N–H and O–H groups in total. The van der Waals surface area contributed by atoms with Crippen LogP contribution in [-0.2, 0) is 0 Å². The molecule has 0 amide bonds. The van der Waals surface area contributed by atoms with Gasteiger partial charge >= 0.3 is 0 Å². The minimum Gasteiger partial charge on any atom is -0.313 e. The van der Waals surface area contributed by atoms with Gasteiger partial charge in [0.25, 0.3) is 0 Å². The van der Waals surface area contributed by atoms with Gasteiger partial charge in [-0.1, -0.05) is 0 Å². The molecule has 4 heteroatoms. The smallest absolute Gasteiger partial charge is 0.239 e. The summed E-state index contributed by atoms with van der Waals surface area (Å²) in [5.41, 5.74) is 0. The van der Waals surface area contributed by atoms with Gasteiger partial charge < -0.3 is 10.2 Å². The SMILES string of the molecule is CC1CCN(CCC(F)F)CCN1. The fourth-order valence-corrected chi connectivity index (χ4v) is 1.56. The van der Waals surface area contributed by atoms with Crippen LogP contribution < -0.4 is 5.32 Å². The highest BCUT2D eigenvalue weighted by Crippen LogP contribution is 2.05. The number of nitrogens with one attached hydrogen (secondary N) is 1. The van der Waals surface area contributed by atoms with Crippen molar-refractivity contribution in [3.05, 3.63) is 0 Å². The van der Waals surface area contributed by atoms with Crippen molar-refractivity contribution in [2.24, 2.45) is 0 Å². The maximum atomic E-state index is 11.9. The van der Waals surface area contributed by atoms with E-state index >= 15 is 0 Å². The molecule has 0 aromatic rings. The average Bonchev–Trinajstić information content (AvgIpc) is 2.27. The lowest BCUT2D eigenvalue weighted by Crippen LogP contribution is -2.30. The maximum absolute atomic E-state index is 11.9. The summed E-state index contributed by atoms with van der Waals surface area (Å²) in [5.74, 6) is 0. The molecule has 2 nitrogen and oxygen atoms in total. The minimum absolute atomic E-state index is 0.00831. The van der Waals surface area contributed by atoms with Gasteiger partial charge in [-0.25, -0.2) is 8.78 Å². The lowest BCUT2D eigenvalue weighted by atomic mass is 10.2. The number of halogens is 2. The topological polar surface area (TPSA) is 15.3 Å². The fraction of sp³-hybridized carbons (Fsp3) is 1.00. The lowest BCUT2D eigenvalue weighted by Gasteiger charge is -2.18. The van der Waals surface area contributed by atoms with Gasteiger partial charge in [0.15, 0.2) is 0 Å². The van der Waals surface area contributed by atoms with Gasteiger partial charge in [-0.15, -0.1) is 0 Å². The van der Waals surface area contributed by atoms with Crippen molar-refractivity contribution in [2.75, 3.05) is 26.2 Å². The second-order valence-electron chi connectivity index (χ2n) is 3.67. The van der Waals surface area contributed by atoms with E-state index in [1.807, 2.05) is 0 Å². The average molecular weight is 192 g/mol. The first kappa shape index (κ1) is 10.9. The zero-order valence-corrected chi connectivity index (χ0v) is 8.10. The number of nitrogens with zero attached hydrogens (tertiary/aromatic N) is 1. The Hall–Kier alpha value is -0.220. The highest BCUT2D eigenvalue weighted by Gasteiger charge is 2.13. The first-order chi connectivity index (χ1) is 6.18. The Kier molecular flexibility index (Phi) is 4.59. The van der Waals surface area contributed by atoms with Crippen LogP contribution in [0.4, 0.5) is 8.78 Å². The van der Waals surface area contributed by atoms with Crippen LogP contribution in [-0.4, -0.2) is 43.5 Å². The van der Waals surface area contributed by atoms with E-state index in [-0.39, 0.29) is 6.42 Å². The monoisotopic (exact) mass is 192 g/mol. The highest BCUT2D eigenvalue weighted by atomic mass is 19.3. The van der Waals surface area contributed by atoms with Crippen LogP contribution in [0.5, 0.6) is 0 Å². The van der Waals surface area contributed by atoms with E-state index < -0.39 is 6.43 Å². The standard InChI is InChI=1S/C9H18F2N2/c1-8-2-5-13(7-4-12-8)6-3-9(10)11/h8-9,12H,2-7H2,1H3. The minimum atomic E-state index is -2.16. The molecule has 0 aliphatic carbocycles. The fourth-order valence-electron chi connectivity index (χ4n) is 1.56. The largest absolute Gasteiger partial charge is 0.313 e. The first-order valence-electron chi connectivity index (χ1n) is 4.92. The van der Waals surface area contributed by atoms with E-state index in [0.29, 0.717) is 12.6 Å². The Labute approximate surface area is 78.3 Å². The number of alkyl halides is 2. The second-order valence-corrected chi connectivity index (χ2v) is 3.67. The third-order valence-corrected chi connectivity index (χ3v) is 2.46. The van der Waals surface area contributed by atoms with Gasteiger partial charge in [0.1, 0.15) is 0 Å².